The van der Waals surface area contributed by atoms with Gasteiger partial charge in [-0.15, -0.1) is 0 Å². The maximum absolute atomic E-state index is 14.7. The van der Waals surface area contributed by atoms with Gasteiger partial charge in [0, 0.05) is 32.7 Å². The van der Waals surface area contributed by atoms with Gasteiger partial charge in [-0.1, -0.05) is 65.0 Å². The van der Waals surface area contributed by atoms with E-state index in [0.29, 0.717) is 47.6 Å². The van der Waals surface area contributed by atoms with Crippen LogP contribution in [0.5, 0.6) is 0 Å². The number of nitrogens with zero attached hydrogens (tertiary/aromatic N) is 3. The van der Waals surface area contributed by atoms with Crippen LogP contribution in [0.2, 0.25) is 0 Å². The average molecular weight is 785 g/mol. The molecule has 0 heterocycles. The van der Waals surface area contributed by atoms with Crippen molar-refractivity contribution in [1.29, 1.82) is 0 Å². The van der Waals surface area contributed by atoms with Crippen LogP contribution in [-0.2, 0) is 9.53 Å². The molecule has 0 unspecified atom stereocenters. The van der Waals surface area contributed by atoms with Crippen molar-refractivity contribution in [2.24, 2.45) is 56.7 Å². The van der Waals surface area contributed by atoms with Gasteiger partial charge in [0.15, 0.2) is 0 Å². The molecule has 1 aromatic carbocycles. The highest BCUT2D eigenvalue weighted by molar-refractivity contribution is 5.90. The average Bonchev–Trinajstić information content (AvgIpc) is 3.51. The zero-order valence-electron chi connectivity index (χ0n) is 38.4. The number of hydrogen-bond donors (Lipinski definition) is 1. The number of likely N-dealkylation sites (N-methyl/N-ethyl adjacent to an activating group) is 3. The normalized spacial score (nSPS) is 35.9. The summed E-state index contributed by atoms with van der Waals surface area (Å²) < 4.78 is 5.67. The number of hydrogen-bond acceptors (Lipinski definition) is 6. The van der Waals surface area contributed by atoms with Gasteiger partial charge >= 0.3 is 5.97 Å². The Morgan fingerprint density at radius 3 is 2.11 bits per heavy atom. The smallest absolute Gasteiger partial charge is 0.338 e. The number of ether oxygens (including phenoxy) is 1. The highest BCUT2D eigenvalue weighted by atomic mass is 16.6. The molecular weight excluding hydrogens is 705 g/mol. The number of carbonyl (C=O) groups is 2. The highest BCUT2D eigenvalue weighted by Crippen LogP contribution is 2.77. The van der Waals surface area contributed by atoms with Crippen LogP contribution in [0.15, 0.2) is 42.5 Å². The van der Waals surface area contributed by atoms with E-state index in [1.54, 1.807) is 0 Å². The lowest BCUT2D eigenvalue weighted by Crippen LogP contribution is -2.66. The zero-order chi connectivity index (χ0) is 41.9. The van der Waals surface area contributed by atoms with Gasteiger partial charge in [0.1, 0.15) is 5.60 Å². The molecule has 57 heavy (non-hydrogen) atoms. The summed E-state index contributed by atoms with van der Waals surface area (Å²) in [7, 11) is 10.7. The van der Waals surface area contributed by atoms with Crippen LogP contribution in [0.25, 0.3) is 5.57 Å². The summed E-state index contributed by atoms with van der Waals surface area (Å²) in [4.78, 5) is 34.4. The van der Waals surface area contributed by atoms with Gasteiger partial charge in [0.2, 0.25) is 5.91 Å². The third-order valence-corrected chi connectivity index (χ3v) is 17.1. The second-order valence-corrected chi connectivity index (χ2v) is 22.4. The molecule has 4 fully saturated rings. The fourth-order valence-corrected chi connectivity index (χ4v) is 14.1. The van der Waals surface area contributed by atoms with Crippen molar-refractivity contribution in [2.45, 2.75) is 119 Å². The lowest BCUT2D eigenvalue weighted by atomic mass is 9.32. The van der Waals surface area contributed by atoms with Gasteiger partial charge in [-0.2, -0.15) is 0 Å². The van der Waals surface area contributed by atoms with Crippen LogP contribution in [-0.4, -0.2) is 100 Å². The zero-order valence-corrected chi connectivity index (χ0v) is 38.4. The number of benzene rings is 1. The van der Waals surface area contributed by atoms with Gasteiger partial charge in [-0.25, -0.2) is 4.79 Å². The molecule has 1 amide bonds. The van der Waals surface area contributed by atoms with E-state index in [1.807, 2.05) is 32.9 Å². The lowest BCUT2D eigenvalue weighted by Gasteiger charge is -2.72. The molecule has 7 nitrogen and oxygen atoms in total. The van der Waals surface area contributed by atoms with Crippen molar-refractivity contribution >= 4 is 17.4 Å². The van der Waals surface area contributed by atoms with Gasteiger partial charge in [0.25, 0.3) is 0 Å². The minimum absolute atomic E-state index is 0.00121. The molecule has 1 aromatic rings. The molecule has 0 aromatic heterocycles. The number of esters is 1. The Hall–Kier alpha value is -2.48. The van der Waals surface area contributed by atoms with E-state index in [2.05, 4.69) is 108 Å². The molecule has 0 radical (unpaired) electrons. The fraction of sp³-hybridized carbons (Fsp3) is 0.760. The number of fused-ring (bicyclic) bond motifs is 7. The summed E-state index contributed by atoms with van der Waals surface area (Å²) in [6.45, 7) is 28.1. The first kappa shape index (κ1) is 44.1. The first-order valence-electron chi connectivity index (χ1n) is 22.5. The van der Waals surface area contributed by atoms with Crippen LogP contribution in [0.3, 0.4) is 0 Å². The second-order valence-electron chi connectivity index (χ2n) is 22.4. The number of carbonyl (C=O) groups excluding carboxylic acids is 2. The van der Waals surface area contributed by atoms with E-state index >= 15 is 0 Å². The number of nitrogens with one attached hydrogen (secondary N) is 1. The minimum Gasteiger partial charge on any atom is -0.456 e. The Bertz CT molecular complexity index is 1690. The predicted octanol–water partition coefficient (Wildman–Crippen LogP) is 9.44. The van der Waals surface area contributed by atoms with Crippen LogP contribution < -0.4 is 5.32 Å². The predicted molar refractivity (Wildman–Crippen MR) is 236 cm³/mol. The molecule has 0 aliphatic heterocycles. The van der Waals surface area contributed by atoms with E-state index in [1.165, 1.54) is 42.4 Å². The summed E-state index contributed by atoms with van der Waals surface area (Å²) in [6.07, 6.45) is 12.8. The number of amides is 1. The molecule has 5 aliphatic carbocycles. The topological polar surface area (TPSA) is 65.1 Å². The summed E-state index contributed by atoms with van der Waals surface area (Å²) in [6, 6.07) is 8.19. The standard InChI is InChI=1S/C50H80N4O3/c1-34(33-54(14)32-31-53(12)13)37-21-26-50(44(56)51-29-30-52(10)11)28-27-48(8)39(42(37)50)19-20-41-47(7)24-22-38(46(5,6)40(47)23-25-49(41,48)9)35-15-17-36(18-16-35)43(55)57-45(2,3)4/h15-18,22,37,39-42H,1,19-21,23-33H2,2-14H3,(H,51,56)/t37-,39+,40-,41+,42+,47-,48+,49+,50-/m0/s1. The number of rotatable bonds is 12. The summed E-state index contributed by atoms with van der Waals surface area (Å²) in [5, 5.41) is 3.48. The first-order chi connectivity index (χ1) is 26.5. The third-order valence-electron chi connectivity index (χ3n) is 17.1. The van der Waals surface area contributed by atoms with E-state index in [0.717, 1.165) is 58.3 Å². The van der Waals surface area contributed by atoms with Crippen LogP contribution in [0.1, 0.15) is 129 Å². The van der Waals surface area contributed by atoms with Crippen molar-refractivity contribution in [2.75, 3.05) is 68.0 Å². The van der Waals surface area contributed by atoms with Gasteiger partial charge in [-0.05, 0) is 188 Å². The SMILES string of the molecule is C=C(CN(C)CCN(C)C)[C@@H]1CC[C@]2(C(=O)NCCN(C)C)CC[C@]3(C)[C@H](CC[C@@H]4[C@@]5(C)CC=C(c6ccc(C(=O)OC(C)(C)C)cc6)C(C)(C)[C@@H]5CC[C@]43C)[C@@H]12. The first-order valence-corrected chi connectivity index (χ1v) is 22.5. The Morgan fingerprint density at radius 2 is 1.47 bits per heavy atom. The van der Waals surface area contributed by atoms with Crippen molar-refractivity contribution in [3.05, 3.63) is 53.6 Å². The molecule has 6 rings (SSSR count). The minimum atomic E-state index is -0.517. The molecule has 0 saturated heterocycles. The molecule has 1 N–H and O–H groups in total. The van der Waals surface area contributed by atoms with Crippen molar-refractivity contribution in [1.82, 2.24) is 20.0 Å². The maximum atomic E-state index is 14.7. The quantitative estimate of drug-likeness (QED) is 0.168. The second kappa shape index (κ2) is 15.8. The number of allylic oxidation sites excluding steroid dienone is 2. The largest absolute Gasteiger partial charge is 0.456 e. The van der Waals surface area contributed by atoms with Gasteiger partial charge < -0.3 is 24.8 Å². The molecule has 4 saturated carbocycles. The van der Waals surface area contributed by atoms with Crippen molar-refractivity contribution in [3.8, 4) is 0 Å². The summed E-state index contributed by atoms with van der Waals surface area (Å²) >= 11 is 0. The molecule has 0 spiro atoms. The monoisotopic (exact) mass is 785 g/mol. The lowest BCUT2D eigenvalue weighted by molar-refractivity contribution is -0.225. The molecule has 318 valence electrons. The summed E-state index contributed by atoms with van der Waals surface area (Å²) in [5.41, 5.74) is 4.34. The summed E-state index contributed by atoms with van der Waals surface area (Å²) in [5.74, 6) is 2.47. The van der Waals surface area contributed by atoms with Crippen LogP contribution in [0, 0.1) is 56.7 Å². The van der Waals surface area contributed by atoms with E-state index < -0.39 is 5.60 Å². The molecule has 7 heteroatoms. The Balaban J connectivity index is 1.29. The molecular formula is C50H80N4O3. The van der Waals surface area contributed by atoms with Crippen LogP contribution in [0.4, 0.5) is 0 Å². The van der Waals surface area contributed by atoms with Gasteiger partial charge in [-0.3, -0.25) is 4.79 Å². The maximum Gasteiger partial charge on any atom is 0.338 e. The Labute approximate surface area is 347 Å². The third kappa shape index (κ3) is 7.85. The van der Waals surface area contributed by atoms with Crippen LogP contribution >= 0.6 is 0 Å². The highest BCUT2D eigenvalue weighted by Gasteiger charge is 2.71. The fourth-order valence-electron chi connectivity index (χ4n) is 14.1. The Kier molecular flexibility index (Phi) is 12.3. The van der Waals surface area contributed by atoms with Gasteiger partial charge in [0.05, 0.1) is 11.0 Å². The molecule has 5 aliphatic rings. The van der Waals surface area contributed by atoms with Crippen molar-refractivity contribution in [3.63, 3.8) is 0 Å². The molecule has 9 atom stereocenters. The van der Waals surface area contributed by atoms with E-state index in [-0.39, 0.29) is 33.0 Å². The van der Waals surface area contributed by atoms with Crippen molar-refractivity contribution < 1.29 is 14.3 Å². The molecule has 0 bridgehead atoms. The van der Waals surface area contributed by atoms with E-state index in [9.17, 15) is 9.59 Å². The van der Waals surface area contributed by atoms with E-state index in [4.69, 9.17) is 11.3 Å². The Morgan fingerprint density at radius 1 is 0.807 bits per heavy atom.